The Labute approximate surface area is 114 Å². The average molecular weight is 271 g/mol. The Hall–Kier alpha value is -1.10. The molecule has 1 amide bonds. The van der Waals surface area contributed by atoms with Gasteiger partial charge in [-0.05, 0) is 37.5 Å². The number of carboxylic acid groups (broad SMARTS) is 1. The van der Waals surface area contributed by atoms with Crippen LogP contribution in [0.3, 0.4) is 0 Å². The van der Waals surface area contributed by atoms with E-state index in [1.165, 1.54) is 0 Å². The van der Waals surface area contributed by atoms with Crippen molar-refractivity contribution in [3.05, 3.63) is 0 Å². The SMILES string of the molecule is CC(C)(C)CCC(NC(=O)C1CCCCO1)C(=O)O. The molecule has 0 bridgehead atoms. The van der Waals surface area contributed by atoms with Crippen LogP contribution in [0.4, 0.5) is 0 Å². The number of nitrogens with one attached hydrogen (secondary N) is 1. The standard InChI is InChI=1S/C14H25NO4/c1-14(2,3)8-7-10(13(17)18)15-12(16)11-6-4-5-9-19-11/h10-11H,4-9H2,1-3H3,(H,15,16)(H,17,18). The maximum atomic E-state index is 11.9. The van der Waals surface area contributed by atoms with Gasteiger partial charge in [-0.2, -0.15) is 0 Å². The molecule has 0 aromatic heterocycles. The summed E-state index contributed by atoms with van der Waals surface area (Å²) in [7, 11) is 0. The molecule has 2 N–H and O–H groups in total. The maximum absolute atomic E-state index is 11.9. The molecule has 0 saturated carbocycles. The molecule has 2 atom stereocenters. The van der Waals surface area contributed by atoms with E-state index in [2.05, 4.69) is 26.1 Å². The molecule has 110 valence electrons. The number of ether oxygens (including phenoxy) is 1. The molecule has 1 aliphatic heterocycles. The molecule has 19 heavy (non-hydrogen) atoms. The molecule has 1 aliphatic rings. The summed E-state index contributed by atoms with van der Waals surface area (Å²) >= 11 is 0. The monoisotopic (exact) mass is 271 g/mol. The minimum atomic E-state index is -0.978. The lowest BCUT2D eigenvalue weighted by Crippen LogP contribution is -2.47. The summed E-state index contributed by atoms with van der Waals surface area (Å²) in [6.45, 7) is 6.74. The number of amides is 1. The topological polar surface area (TPSA) is 75.6 Å². The molecular weight excluding hydrogens is 246 g/mol. The van der Waals surface area contributed by atoms with Crippen molar-refractivity contribution in [2.45, 2.75) is 65.0 Å². The average Bonchev–Trinajstić information content (AvgIpc) is 2.33. The normalized spacial score (nSPS) is 21.7. The van der Waals surface area contributed by atoms with E-state index in [-0.39, 0.29) is 11.3 Å². The zero-order valence-corrected chi connectivity index (χ0v) is 12.1. The minimum Gasteiger partial charge on any atom is -0.480 e. The highest BCUT2D eigenvalue weighted by atomic mass is 16.5. The van der Waals surface area contributed by atoms with Crippen molar-refractivity contribution in [3.8, 4) is 0 Å². The summed E-state index contributed by atoms with van der Waals surface area (Å²) in [5, 5.41) is 11.8. The third-order valence-electron chi connectivity index (χ3n) is 3.27. The van der Waals surface area contributed by atoms with Gasteiger partial charge in [-0.1, -0.05) is 20.8 Å². The minimum absolute atomic E-state index is 0.0553. The Balaban J connectivity index is 2.48. The van der Waals surface area contributed by atoms with Gasteiger partial charge in [0.05, 0.1) is 0 Å². The maximum Gasteiger partial charge on any atom is 0.326 e. The Bertz CT molecular complexity index is 316. The number of carbonyl (C=O) groups is 2. The van der Waals surface area contributed by atoms with Gasteiger partial charge in [0.2, 0.25) is 5.91 Å². The van der Waals surface area contributed by atoms with E-state index in [0.29, 0.717) is 19.4 Å². The van der Waals surface area contributed by atoms with Crippen molar-refractivity contribution >= 4 is 11.9 Å². The van der Waals surface area contributed by atoms with Crippen LogP contribution < -0.4 is 5.32 Å². The molecule has 5 nitrogen and oxygen atoms in total. The summed E-state index contributed by atoms with van der Waals surface area (Å²) in [6.07, 6.45) is 3.31. The largest absolute Gasteiger partial charge is 0.480 e. The number of carboxylic acids is 1. The van der Waals surface area contributed by atoms with E-state index in [4.69, 9.17) is 9.84 Å². The number of hydrogen-bond donors (Lipinski definition) is 2. The second kappa shape index (κ2) is 6.89. The van der Waals surface area contributed by atoms with Gasteiger partial charge >= 0.3 is 5.97 Å². The zero-order chi connectivity index (χ0) is 14.5. The lowest BCUT2D eigenvalue weighted by atomic mass is 9.88. The van der Waals surface area contributed by atoms with Crippen LogP contribution in [-0.4, -0.2) is 35.7 Å². The first-order valence-corrected chi connectivity index (χ1v) is 6.94. The fourth-order valence-electron chi connectivity index (χ4n) is 2.05. The van der Waals surface area contributed by atoms with Gasteiger partial charge in [0.1, 0.15) is 12.1 Å². The van der Waals surface area contributed by atoms with Gasteiger partial charge in [0, 0.05) is 6.61 Å². The summed E-state index contributed by atoms with van der Waals surface area (Å²) in [6, 6.07) is -0.822. The fourth-order valence-corrected chi connectivity index (χ4v) is 2.05. The molecule has 0 aromatic carbocycles. The molecule has 1 fully saturated rings. The van der Waals surface area contributed by atoms with Crippen molar-refractivity contribution in [2.75, 3.05) is 6.61 Å². The van der Waals surface area contributed by atoms with E-state index < -0.39 is 18.1 Å². The quantitative estimate of drug-likeness (QED) is 0.801. The first-order chi connectivity index (χ1) is 8.79. The summed E-state index contributed by atoms with van der Waals surface area (Å²) in [4.78, 5) is 23.1. The van der Waals surface area contributed by atoms with Gasteiger partial charge in [0.15, 0.2) is 0 Å². The fraction of sp³-hybridized carbons (Fsp3) is 0.857. The van der Waals surface area contributed by atoms with Crippen LogP contribution in [-0.2, 0) is 14.3 Å². The van der Waals surface area contributed by atoms with E-state index in [0.717, 1.165) is 19.3 Å². The third-order valence-corrected chi connectivity index (χ3v) is 3.27. The number of carbonyl (C=O) groups excluding carboxylic acids is 1. The number of aliphatic carboxylic acids is 1. The highest BCUT2D eigenvalue weighted by Crippen LogP contribution is 2.22. The van der Waals surface area contributed by atoms with Crippen molar-refractivity contribution in [2.24, 2.45) is 5.41 Å². The highest BCUT2D eigenvalue weighted by molar-refractivity contribution is 5.86. The first-order valence-electron chi connectivity index (χ1n) is 6.94. The van der Waals surface area contributed by atoms with Crippen LogP contribution in [0.5, 0.6) is 0 Å². The van der Waals surface area contributed by atoms with E-state index in [1.807, 2.05) is 0 Å². The van der Waals surface area contributed by atoms with Crippen LogP contribution in [0.15, 0.2) is 0 Å². The molecule has 1 rings (SSSR count). The Morgan fingerprint density at radius 2 is 2.05 bits per heavy atom. The molecule has 2 unspecified atom stereocenters. The number of hydrogen-bond acceptors (Lipinski definition) is 3. The summed E-state index contributed by atoms with van der Waals surface area (Å²) in [5.41, 5.74) is 0.0553. The van der Waals surface area contributed by atoms with Crippen molar-refractivity contribution in [3.63, 3.8) is 0 Å². The van der Waals surface area contributed by atoms with Crippen molar-refractivity contribution in [1.29, 1.82) is 0 Å². The summed E-state index contributed by atoms with van der Waals surface area (Å²) in [5.74, 6) is -1.27. The van der Waals surface area contributed by atoms with Gasteiger partial charge in [0.25, 0.3) is 0 Å². The smallest absolute Gasteiger partial charge is 0.326 e. The predicted molar refractivity (Wildman–Crippen MR) is 71.8 cm³/mol. The third kappa shape index (κ3) is 6.05. The molecular formula is C14H25NO4. The van der Waals surface area contributed by atoms with Gasteiger partial charge in [-0.15, -0.1) is 0 Å². The Morgan fingerprint density at radius 1 is 1.37 bits per heavy atom. The van der Waals surface area contributed by atoms with Gasteiger partial charge in [-0.25, -0.2) is 4.79 Å². The predicted octanol–water partition coefficient (Wildman–Crippen LogP) is 1.95. The second-order valence-corrected chi connectivity index (χ2v) is 6.35. The molecule has 0 radical (unpaired) electrons. The van der Waals surface area contributed by atoms with Crippen LogP contribution >= 0.6 is 0 Å². The van der Waals surface area contributed by atoms with Gasteiger partial charge in [-0.3, -0.25) is 4.79 Å². The van der Waals surface area contributed by atoms with E-state index >= 15 is 0 Å². The second-order valence-electron chi connectivity index (χ2n) is 6.35. The molecule has 1 saturated heterocycles. The Morgan fingerprint density at radius 3 is 2.53 bits per heavy atom. The number of rotatable bonds is 5. The van der Waals surface area contributed by atoms with E-state index in [9.17, 15) is 9.59 Å². The lowest BCUT2D eigenvalue weighted by Gasteiger charge is -2.25. The molecule has 0 spiro atoms. The van der Waals surface area contributed by atoms with Crippen LogP contribution in [0.2, 0.25) is 0 Å². The zero-order valence-electron chi connectivity index (χ0n) is 12.1. The van der Waals surface area contributed by atoms with Crippen LogP contribution in [0, 0.1) is 5.41 Å². The Kier molecular flexibility index (Phi) is 5.79. The van der Waals surface area contributed by atoms with E-state index in [1.54, 1.807) is 0 Å². The molecule has 1 heterocycles. The van der Waals surface area contributed by atoms with Crippen LogP contribution in [0.25, 0.3) is 0 Å². The molecule has 0 aromatic rings. The first kappa shape index (κ1) is 16.0. The van der Waals surface area contributed by atoms with Crippen LogP contribution in [0.1, 0.15) is 52.9 Å². The lowest BCUT2D eigenvalue weighted by molar-refractivity contribution is -0.145. The van der Waals surface area contributed by atoms with Crippen molar-refractivity contribution < 1.29 is 19.4 Å². The van der Waals surface area contributed by atoms with Crippen molar-refractivity contribution in [1.82, 2.24) is 5.32 Å². The van der Waals surface area contributed by atoms with Gasteiger partial charge < -0.3 is 15.2 Å². The molecule has 0 aliphatic carbocycles. The summed E-state index contributed by atoms with van der Waals surface area (Å²) < 4.78 is 5.36. The highest BCUT2D eigenvalue weighted by Gasteiger charge is 2.28. The molecule has 5 heteroatoms.